The van der Waals surface area contributed by atoms with Gasteiger partial charge in [0.1, 0.15) is 0 Å². The van der Waals surface area contributed by atoms with Gasteiger partial charge in [0, 0.05) is 25.7 Å². The van der Waals surface area contributed by atoms with Crippen LogP contribution in [0.1, 0.15) is 48.2 Å². The summed E-state index contributed by atoms with van der Waals surface area (Å²) < 4.78 is 0. The van der Waals surface area contributed by atoms with Crippen molar-refractivity contribution in [2.45, 2.75) is 38.5 Å². The molecule has 0 atom stereocenters. The van der Waals surface area contributed by atoms with E-state index < -0.39 is 0 Å². The first-order valence-corrected chi connectivity index (χ1v) is 6.48. The number of hydrogen-bond acceptors (Lipinski definition) is 4. The number of nitrogens with zero attached hydrogens (tertiary/aromatic N) is 3. The molecule has 1 aliphatic heterocycles. The average molecular weight is 231 g/mol. The number of fused-ring (bicyclic) bond motifs is 1. The van der Waals surface area contributed by atoms with Crippen molar-refractivity contribution >= 4 is 11.7 Å². The number of piperidine rings is 1. The summed E-state index contributed by atoms with van der Waals surface area (Å²) in [4.78, 5) is 22.9. The Balaban J connectivity index is 1.89. The highest BCUT2D eigenvalue weighted by Crippen LogP contribution is 2.22. The summed E-state index contributed by atoms with van der Waals surface area (Å²) >= 11 is 0. The van der Waals surface area contributed by atoms with Crippen LogP contribution < -0.4 is 4.90 Å². The molecule has 1 fully saturated rings. The summed E-state index contributed by atoms with van der Waals surface area (Å²) in [7, 11) is 0. The van der Waals surface area contributed by atoms with E-state index >= 15 is 0 Å². The van der Waals surface area contributed by atoms with Crippen LogP contribution >= 0.6 is 0 Å². The van der Waals surface area contributed by atoms with Gasteiger partial charge in [0.25, 0.3) is 0 Å². The first kappa shape index (κ1) is 10.7. The van der Waals surface area contributed by atoms with Crippen LogP contribution in [0.3, 0.4) is 0 Å². The predicted molar refractivity (Wildman–Crippen MR) is 65.4 cm³/mol. The molecule has 1 aromatic heterocycles. The van der Waals surface area contributed by atoms with Crippen LogP contribution in [0.4, 0.5) is 5.95 Å². The third kappa shape index (κ3) is 2.04. The Morgan fingerprint density at radius 2 is 1.88 bits per heavy atom. The van der Waals surface area contributed by atoms with E-state index in [2.05, 4.69) is 14.9 Å². The van der Waals surface area contributed by atoms with Gasteiger partial charge >= 0.3 is 0 Å². The molecule has 0 bridgehead atoms. The van der Waals surface area contributed by atoms with E-state index in [9.17, 15) is 4.79 Å². The SMILES string of the molecule is O=C1CCCc2nc(N3CCCCC3)ncc21. The second-order valence-corrected chi connectivity index (χ2v) is 4.85. The van der Waals surface area contributed by atoms with Crippen LogP contribution in [0.2, 0.25) is 0 Å². The fraction of sp³-hybridized carbons (Fsp3) is 0.615. The Labute approximate surface area is 101 Å². The van der Waals surface area contributed by atoms with Crippen molar-refractivity contribution in [1.82, 2.24) is 9.97 Å². The predicted octanol–water partition coefficient (Wildman–Crippen LogP) is 1.99. The Hall–Kier alpha value is -1.45. The third-order valence-electron chi connectivity index (χ3n) is 3.61. The maximum absolute atomic E-state index is 11.7. The molecule has 0 saturated carbocycles. The molecule has 0 unspecified atom stereocenters. The number of ketones is 1. The summed E-state index contributed by atoms with van der Waals surface area (Å²) in [6.07, 6.45) is 7.98. The van der Waals surface area contributed by atoms with Crippen LogP contribution in [-0.4, -0.2) is 28.8 Å². The van der Waals surface area contributed by atoms with Crippen LogP contribution in [0.25, 0.3) is 0 Å². The fourth-order valence-corrected chi connectivity index (χ4v) is 2.63. The highest BCUT2D eigenvalue weighted by Gasteiger charge is 2.21. The van der Waals surface area contributed by atoms with Crippen molar-refractivity contribution in [3.05, 3.63) is 17.5 Å². The molecule has 17 heavy (non-hydrogen) atoms. The molecule has 0 amide bonds. The highest BCUT2D eigenvalue weighted by molar-refractivity contribution is 5.97. The van der Waals surface area contributed by atoms with Crippen molar-refractivity contribution < 1.29 is 4.79 Å². The van der Waals surface area contributed by atoms with Gasteiger partial charge in [-0.25, -0.2) is 9.97 Å². The Morgan fingerprint density at radius 3 is 2.71 bits per heavy atom. The lowest BCUT2D eigenvalue weighted by atomic mass is 9.96. The van der Waals surface area contributed by atoms with Crippen LogP contribution in [-0.2, 0) is 6.42 Å². The van der Waals surface area contributed by atoms with Crippen molar-refractivity contribution in [2.24, 2.45) is 0 Å². The van der Waals surface area contributed by atoms with Crippen molar-refractivity contribution in [3.8, 4) is 0 Å². The zero-order chi connectivity index (χ0) is 11.7. The molecular weight excluding hydrogens is 214 g/mol. The van der Waals surface area contributed by atoms with E-state index in [1.165, 1.54) is 19.3 Å². The van der Waals surface area contributed by atoms with Gasteiger partial charge in [0.2, 0.25) is 5.95 Å². The van der Waals surface area contributed by atoms with Gasteiger partial charge in [-0.15, -0.1) is 0 Å². The lowest BCUT2D eigenvalue weighted by Gasteiger charge is -2.27. The molecule has 0 radical (unpaired) electrons. The van der Waals surface area contributed by atoms with Gasteiger partial charge in [-0.1, -0.05) is 0 Å². The Morgan fingerprint density at radius 1 is 1.06 bits per heavy atom. The number of aromatic nitrogens is 2. The van der Waals surface area contributed by atoms with Gasteiger partial charge in [0.15, 0.2) is 5.78 Å². The number of anilines is 1. The van der Waals surface area contributed by atoms with Gasteiger partial charge in [-0.2, -0.15) is 0 Å². The smallest absolute Gasteiger partial charge is 0.225 e. The molecule has 1 aliphatic carbocycles. The zero-order valence-corrected chi connectivity index (χ0v) is 9.98. The summed E-state index contributed by atoms with van der Waals surface area (Å²) in [5.74, 6) is 1.02. The fourth-order valence-electron chi connectivity index (χ4n) is 2.63. The molecule has 0 N–H and O–H groups in total. The van der Waals surface area contributed by atoms with E-state index in [4.69, 9.17) is 0 Å². The van der Waals surface area contributed by atoms with Gasteiger partial charge < -0.3 is 4.90 Å². The maximum Gasteiger partial charge on any atom is 0.225 e. The van der Waals surface area contributed by atoms with E-state index in [0.29, 0.717) is 6.42 Å². The van der Waals surface area contributed by atoms with Crippen molar-refractivity contribution in [2.75, 3.05) is 18.0 Å². The summed E-state index contributed by atoms with van der Waals surface area (Å²) in [5.41, 5.74) is 1.70. The molecule has 2 heterocycles. The monoisotopic (exact) mass is 231 g/mol. The van der Waals surface area contributed by atoms with Crippen LogP contribution in [0.5, 0.6) is 0 Å². The molecular formula is C13H17N3O. The minimum Gasteiger partial charge on any atom is -0.341 e. The number of Topliss-reactive ketones (excluding diaryl/α,β-unsaturated/α-hetero) is 1. The number of rotatable bonds is 1. The van der Waals surface area contributed by atoms with E-state index in [1.54, 1.807) is 6.20 Å². The average Bonchev–Trinajstić information content (AvgIpc) is 2.40. The summed E-state index contributed by atoms with van der Waals surface area (Å²) in [5, 5.41) is 0. The van der Waals surface area contributed by atoms with Gasteiger partial charge in [0.05, 0.1) is 11.3 Å². The first-order valence-electron chi connectivity index (χ1n) is 6.48. The molecule has 1 saturated heterocycles. The molecule has 90 valence electrons. The van der Waals surface area contributed by atoms with Gasteiger partial charge in [-0.3, -0.25) is 4.79 Å². The molecule has 4 heteroatoms. The molecule has 0 aromatic carbocycles. The Bertz CT molecular complexity index is 438. The number of aryl methyl sites for hydroxylation is 1. The van der Waals surface area contributed by atoms with E-state index in [-0.39, 0.29) is 5.78 Å². The first-order chi connectivity index (χ1) is 8.34. The summed E-state index contributed by atoms with van der Waals surface area (Å²) in [6.45, 7) is 2.10. The third-order valence-corrected chi connectivity index (χ3v) is 3.61. The normalized spacial score (nSPS) is 20.2. The number of carbonyl (C=O) groups is 1. The molecule has 2 aliphatic rings. The highest BCUT2D eigenvalue weighted by atomic mass is 16.1. The number of carbonyl (C=O) groups excluding carboxylic acids is 1. The molecule has 1 aromatic rings. The van der Waals surface area contributed by atoms with Crippen LogP contribution in [0, 0.1) is 0 Å². The minimum atomic E-state index is 0.205. The largest absolute Gasteiger partial charge is 0.341 e. The van der Waals surface area contributed by atoms with Crippen molar-refractivity contribution in [3.63, 3.8) is 0 Å². The zero-order valence-electron chi connectivity index (χ0n) is 9.98. The molecule has 0 spiro atoms. The Kier molecular flexibility index (Phi) is 2.79. The molecule has 3 rings (SSSR count). The standard InChI is InChI=1S/C13H17N3O/c17-12-6-4-5-11-10(12)9-14-13(15-11)16-7-2-1-3-8-16/h9H,1-8H2. The van der Waals surface area contributed by atoms with Crippen LogP contribution in [0.15, 0.2) is 6.20 Å². The molecule has 4 nitrogen and oxygen atoms in total. The van der Waals surface area contributed by atoms with Crippen molar-refractivity contribution in [1.29, 1.82) is 0 Å². The number of hydrogen-bond donors (Lipinski definition) is 0. The summed E-state index contributed by atoms with van der Waals surface area (Å²) in [6, 6.07) is 0. The quantitative estimate of drug-likeness (QED) is 0.741. The maximum atomic E-state index is 11.7. The lowest BCUT2D eigenvalue weighted by molar-refractivity contribution is 0.0971. The van der Waals surface area contributed by atoms with Gasteiger partial charge in [-0.05, 0) is 32.1 Å². The van der Waals surface area contributed by atoms with E-state index in [0.717, 1.165) is 43.1 Å². The minimum absolute atomic E-state index is 0.205. The second kappa shape index (κ2) is 4.43. The second-order valence-electron chi connectivity index (χ2n) is 4.85. The van der Waals surface area contributed by atoms with E-state index in [1.807, 2.05) is 0 Å². The lowest BCUT2D eigenvalue weighted by Crippen LogP contribution is -2.31. The topological polar surface area (TPSA) is 46.1 Å².